The van der Waals surface area contributed by atoms with Gasteiger partial charge in [0.15, 0.2) is 0 Å². The van der Waals surface area contributed by atoms with Crippen LogP contribution in [-0.2, 0) is 6.54 Å². The van der Waals surface area contributed by atoms with Crippen LogP contribution in [0.1, 0.15) is 55.7 Å². The predicted molar refractivity (Wildman–Crippen MR) is 112 cm³/mol. The number of benzene rings is 1. The lowest BCUT2D eigenvalue weighted by atomic mass is 10.0. The summed E-state index contributed by atoms with van der Waals surface area (Å²) < 4.78 is 1.39. The van der Waals surface area contributed by atoms with E-state index in [-0.39, 0.29) is 17.2 Å². The van der Waals surface area contributed by atoms with Crippen molar-refractivity contribution in [3.05, 3.63) is 67.9 Å². The minimum absolute atomic E-state index is 0.0437. The van der Waals surface area contributed by atoms with E-state index in [0.717, 1.165) is 24.2 Å². The molecule has 0 aliphatic heterocycles. The van der Waals surface area contributed by atoms with Crippen molar-refractivity contribution in [2.75, 3.05) is 0 Å². The third-order valence-electron chi connectivity index (χ3n) is 5.04. The Balaban J connectivity index is 1.94. The van der Waals surface area contributed by atoms with Crippen molar-refractivity contribution >= 4 is 11.8 Å². The first-order valence-electron chi connectivity index (χ1n) is 9.63. The van der Waals surface area contributed by atoms with Crippen LogP contribution >= 0.6 is 11.8 Å². The Morgan fingerprint density at radius 1 is 1.11 bits per heavy atom. The van der Waals surface area contributed by atoms with Gasteiger partial charge in [0.2, 0.25) is 0 Å². The van der Waals surface area contributed by atoms with Crippen LogP contribution in [0.4, 0.5) is 0 Å². The van der Waals surface area contributed by atoms with Crippen molar-refractivity contribution in [3.8, 4) is 0 Å². The number of rotatable bonds is 6. The quantitative estimate of drug-likeness (QED) is 0.576. The number of aryl methyl sites for hydroxylation is 2. The molecule has 0 saturated heterocycles. The Labute approximate surface area is 164 Å². The second-order valence-electron chi connectivity index (χ2n) is 7.81. The summed E-state index contributed by atoms with van der Waals surface area (Å²) in [6.07, 6.45) is 7.31. The predicted octanol–water partition coefficient (Wildman–Crippen LogP) is 4.78. The van der Waals surface area contributed by atoms with E-state index in [2.05, 4.69) is 49.2 Å². The van der Waals surface area contributed by atoms with E-state index in [1.54, 1.807) is 0 Å². The fourth-order valence-electron chi connectivity index (χ4n) is 3.69. The molecular weight excluding hydrogens is 356 g/mol. The van der Waals surface area contributed by atoms with E-state index in [4.69, 9.17) is 0 Å². The van der Waals surface area contributed by atoms with Crippen LogP contribution in [0.3, 0.4) is 0 Å². The highest BCUT2D eigenvalue weighted by Crippen LogP contribution is 2.31. The second kappa shape index (κ2) is 8.34. The van der Waals surface area contributed by atoms with Crippen molar-refractivity contribution in [1.29, 1.82) is 0 Å². The highest BCUT2D eigenvalue weighted by atomic mass is 32.2. The molecule has 27 heavy (non-hydrogen) atoms. The number of nitrogens with zero attached hydrogens (tertiary/aromatic N) is 1. The number of H-pyrrole nitrogens is 1. The molecule has 0 spiro atoms. The van der Waals surface area contributed by atoms with Gasteiger partial charge in [0.25, 0.3) is 5.56 Å². The topological polar surface area (TPSA) is 54.9 Å². The summed E-state index contributed by atoms with van der Waals surface area (Å²) in [6, 6.07) is 6.28. The first-order valence-corrected chi connectivity index (χ1v) is 10.4. The largest absolute Gasteiger partial charge is 0.329 e. The highest BCUT2D eigenvalue weighted by Gasteiger charge is 2.19. The van der Waals surface area contributed by atoms with Crippen LogP contribution in [0.2, 0.25) is 0 Å². The first-order chi connectivity index (χ1) is 12.8. The number of aromatic nitrogens is 2. The normalized spacial score (nSPS) is 14.4. The molecule has 0 unspecified atom stereocenters. The Morgan fingerprint density at radius 2 is 1.74 bits per heavy atom. The van der Waals surface area contributed by atoms with Crippen molar-refractivity contribution in [2.24, 2.45) is 5.92 Å². The lowest BCUT2D eigenvalue weighted by Gasteiger charge is -2.16. The molecule has 1 aromatic heterocycles. The fraction of sp³-hybridized carbons (Fsp3) is 0.455. The van der Waals surface area contributed by atoms with E-state index in [0.29, 0.717) is 23.1 Å². The van der Waals surface area contributed by atoms with Crippen molar-refractivity contribution < 1.29 is 0 Å². The molecule has 1 aromatic carbocycles. The molecule has 1 heterocycles. The zero-order valence-corrected chi connectivity index (χ0v) is 17.4. The van der Waals surface area contributed by atoms with Crippen molar-refractivity contribution in [2.45, 2.75) is 69.3 Å². The standard InChI is InChI=1S/C22H28N2O2S/c1-14(2)19-20(27-18-12-15(3)11-16(4)13-18)23-22(26)24(21(19)25)10-9-17-7-5-6-8-17/h5-6,11-14,17H,7-10H2,1-4H3,(H,23,26). The molecule has 0 fully saturated rings. The fourth-order valence-corrected chi connectivity index (χ4v) is 4.99. The summed E-state index contributed by atoms with van der Waals surface area (Å²) in [7, 11) is 0. The van der Waals surface area contributed by atoms with Gasteiger partial charge in [-0.15, -0.1) is 0 Å². The summed E-state index contributed by atoms with van der Waals surface area (Å²) in [5.74, 6) is 0.588. The van der Waals surface area contributed by atoms with Gasteiger partial charge >= 0.3 is 5.69 Å². The third kappa shape index (κ3) is 4.64. The van der Waals surface area contributed by atoms with Gasteiger partial charge < -0.3 is 4.98 Å². The maximum Gasteiger partial charge on any atom is 0.329 e. The number of nitrogens with one attached hydrogen (secondary N) is 1. The molecule has 0 saturated carbocycles. The van der Waals surface area contributed by atoms with Gasteiger partial charge in [0, 0.05) is 11.4 Å². The van der Waals surface area contributed by atoms with Crippen LogP contribution in [0.15, 0.2) is 49.9 Å². The molecule has 3 rings (SSSR count). The SMILES string of the molecule is Cc1cc(C)cc(Sc2[nH]c(=O)n(CCC3CC=CC3)c(=O)c2C(C)C)c1. The van der Waals surface area contributed by atoms with Crippen molar-refractivity contribution in [1.82, 2.24) is 9.55 Å². The molecule has 1 aliphatic carbocycles. The maximum absolute atomic E-state index is 13.1. The Morgan fingerprint density at radius 3 is 2.33 bits per heavy atom. The zero-order valence-electron chi connectivity index (χ0n) is 16.5. The van der Waals surface area contributed by atoms with Crippen LogP contribution in [0.25, 0.3) is 0 Å². The van der Waals surface area contributed by atoms with Gasteiger partial charge in [-0.25, -0.2) is 4.79 Å². The molecule has 144 valence electrons. The van der Waals surface area contributed by atoms with E-state index < -0.39 is 0 Å². The molecule has 1 N–H and O–H groups in total. The van der Waals surface area contributed by atoms with Gasteiger partial charge in [0.1, 0.15) is 0 Å². The second-order valence-corrected chi connectivity index (χ2v) is 8.89. The molecule has 4 nitrogen and oxygen atoms in total. The lowest BCUT2D eigenvalue weighted by molar-refractivity contribution is 0.451. The minimum Gasteiger partial charge on any atom is -0.301 e. The van der Waals surface area contributed by atoms with Gasteiger partial charge in [0.05, 0.1) is 10.6 Å². The highest BCUT2D eigenvalue weighted by molar-refractivity contribution is 7.99. The molecular formula is C22H28N2O2S. The molecule has 0 amide bonds. The molecule has 0 radical (unpaired) electrons. The van der Waals surface area contributed by atoms with Gasteiger partial charge in [-0.05, 0) is 68.2 Å². The average Bonchev–Trinajstić information content (AvgIpc) is 3.06. The average molecular weight is 385 g/mol. The number of allylic oxidation sites excluding steroid dienone is 2. The molecule has 2 aromatic rings. The molecule has 0 bridgehead atoms. The van der Waals surface area contributed by atoms with Gasteiger partial charge in [-0.2, -0.15) is 0 Å². The Hall–Kier alpha value is -2.01. The van der Waals surface area contributed by atoms with Crippen LogP contribution in [0, 0.1) is 19.8 Å². The summed E-state index contributed by atoms with van der Waals surface area (Å²) >= 11 is 1.47. The molecule has 0 atom stereocenters. The monoisotopic (exact) mass is 384 g/mol. The van der Waals surface area contributed by atoms with E-state index in [1.165, 1.54) is 27.5 Å². The Kier molecular flexibility index (Phi) is 6.10. The zero-order chi connectivity index (χ0) is 19.6. The van der Waals surface area contributed by atoms with E-state index in [1.807, 2.05) is 13.8 Å². The number of hydrogen-bond donors (Lipinski definition) is 1. The smallest absolute Gasteiger partial charge is 0.301 e. The summed E-state index contributed by atoms with van der Waals surface area (Å²) in [6.45, 7) is 8.60. The third-order valence-corrected chi connectivity index (χ3v) is 6.04. The van der Waals surface area contributed by atoms with Crippen molar-refractivity contribution in [3.63, 3.8) is 0 Å². The number of hydrogen-bond acceptors (Lipinski definition) is 3. The Bertz CT molecular complexity index is 941. The maximum atomic E-state index is 13.1. The molecule has 5 heteroatoms. The minimum atomic E-state index is -0.303. The van der Waals surface area contributed by atoms with E-state index in [9.17, 15) is 9.59 Å². The van der Waals surface area contributed by atoms with Crippen LogP contribution in [0.5, 0.6) is 0 Å². The van der Waals surface area contributed by atoms with E-state index >= 15 is 0 Å². The summed E-state index contributed by atoms with van der Waals surface area (Å²) in [5, 5.41) is 0.670. The van der Waals surface area contributed by atoms with Gasteiger partial charge in [-0.1, -0.05) is 43.8 Å². The summed E-state index contributed by atoms with van der Waals surface area (Å²) in [5.41, 5.74) is 2.59. The summed E-state index contributed by atoms with van der Waals surface area (Å²) in [4.78, 5) is 29.8. The van der Waals surface area contributed by atoms with Crippen LogP contribution < -0.4 is 11.2 Å². The molecule has 1 aliphatic rings. The van der Waals surface area contributed by atoms with Gasteiger partial charge in [-0.3, -0.25) is 9.36 Å². The lowest BCUT2D eigenvalue weighted by Crippen LogP contribution is -2.38. The first kappa shape index (κ1) is 19.7. The van der Waals surface area contributed by atoms with Crippen LogP contribution in [-0.4, -0.2) is 9.55 Å². The number of aromatic amines is 1.